The number of likely N-dealkylation sites (tertiary alicyclic amines) is 1. The third kappa shape index (κ3) is 4.69. The topological polar surface area (TPSA) is 55.6 Å². The minimum Gasteiger partial charge on any atom is -0.491 e. The Bertz CT molecular complexity index is 400. The number of para-hydroxylation sites is 1. The van der Waals surface area contributed by atoms with Gasteiger partial charge in [0.1, 0.15) is 12.4 Å². The van der Waals surface area contributed by atoms with Gasteiger partial charge in [-0.1, -0.05) is 18.2 Å². The van der Waals surface area contributed by atoms with E-state index in [1.54, 1.807) is 0 Å². The summed E-state index contributed by atoms with van der Waals surface area (Å²) in [6.45, 7) is 2.01. The molecule has 0 aliphatic carbocycles. The number of ether oxygens (including phenoxy) is 1. The predicted molar refractivity (Wildman–Crippen MR) is 82.2 cm³/mol. The summed E-state index contributed by atoms with van der Waals surface area (Å²) in [5, 5.41) is 0. The number of hydrogen-bond donors (Lipinski definition) is 1. The van der Waals surface area contributed by atoms with Crippen molar-refractivity contribution < 1.29 is 9.53 Å². The summed E-state index contributed by atoms with van der Waals surface area (Å²) < 4.78 is 5.76. The minimum atomic E-state index is 0. The van der Waals surface area contributed by atoms with E-state index in [1.807, 2.05) is 35.2 Å². The molecule has 1 amide bonds. The number of halogens is 1. The second kappa shape index (κ2) is 8.82. The number of amides is 1. The molecule has 1 aliphatic heterocycles. The number of benzene rings is 1. The molecule has 4 nitrogen and oxygen atoms in total. The van der Waals surface area contributed by atoms with E-state index in [4.69, 9.17) is 10.5 Å². The van der Waals surface area contributed by atoms with Crippen LogP contribution in [0.1, 0.15) is 25.7 Å². The average molecular weight is 299 g/mol. The van der Waals surface area contributed by atoms with Gasteiger partial charge in [0.25, 0.3) is 0 Å². The van der Waals surface area contributed by atoms with Crippen LogP contribution in [0.15, 0.2) is 30.3 Å². The molecule has 1 aromatic rings. The van der Waals surface area contributed by atoms with Crippen molar-refractivity contribution >= 4 is 18.3 Å². The summed E-state index contributed by atoms with van der Waals surface area (Å²) in [6.07, 6.45) is 3.41. The van der Waals surface area contributed by atoms with Crippen molar-refractivity contribution in [3.8, 4) is 5.75 Å². The van der Waals surface area contributed by atoms with Crippen LogP contribution in [0.4, 0.5) is 0 Å². The Kier molecular flexibility index (Phi) is 7.41. The molecule has 2 rings (SSSR count). The van der Waals surface area contributed by atoms with Gasteiger partial charge in [0.2, 0.25) is 5.91 Å². The Morgan fingerprint density at radius 3 is 2.80 bits per heavy atom. The van der Waals surface area contributed by atoms with E-state index >= 15 is 0 Å². The second-order valence-corrected chi connectivity index (χ2v) is 4.90. The monoisotopic (exact) mass is 298 g/mol. The molecule has 1 unspecified atom stereocenters. The van der Waals surface area contributed by atoms with Crippen molar-refractivity contribution in [2.24, 2.45) is 5.73 Å². The Labute approximate surface area is 126 Å². The molecule has 1 fully saturated rings. The maximum Gasteiger partial charge on any atom is 0.222 e. The predicted octanol–water partition coefficient (Wildman–Crippen LogP) is 2.22. The molecule has 1 atom stereocenters. The molecular formula is C15H23ClN2O2. The third-order valence-corrected chi connectivity index (χ3v) is 3.48. The van der Waals surface area contributed by atoms with E-state index in [1.165, 1.54) is 0 Å². The molecule has 0 bridgehead atoms. The van der Waals surface area contributed by atoms with Crippen LogP contribution < -0.4 is 10.5 Å². The molecule has 112 valence electrons. The quantitative estimate of drug-likeness (QED) is 0.876. The van der Waals surface area contributed by atoms with Gasteiger partial charge in [-0.15, -0.1) is 12.4 Å². The normalized spacial score (nSPS) is 17.6. The number of carbonyl (C=O) groups excluding carboxylic acids is 1. The van der Waals surface area contributed by atoms with Gasteiger partial charge in [0.15, 0.2) is 0 Å². The minimum absolute atomic E-state index is 0. The number of nitrogens with zero attached hydrogens (tertiary/aromatic N) is 1. The Balaban J connectivity index is 0.00000200. The van der Waals surface area contributed by atoms with E-state index in [-0.39, 0.29) is 24.4 Å². The summed E-state index contributed by atoms with van der Waals surface area (Å²) in [6, 6.07) is 9.96. The van der Waals surface area contributed by atoms with Crippen LogP contribution in [0.3, 0.4) is 0 Å². The highest BCUT2D eigenvalue weighted by molar-refractivity contribution is 5.85. The van der Waals surface area contributed by atoms with Gasteiger partial charge < -0.3 is 15.4 Å². The smallest absolute Gasteiger partial charge is 0.222 e. The Morgan fingerprint density at radius 1 is 1.35 bits per heavy atom. The molecule has 1 saturated heterocycles. The first-order chi connectivity index (χ1) is 9.31. The van der Waals surface area contributed by atoms with Crippen LogP contribution in [0, 0.1) is 0 Å². The van der Waals surface area contributed by atoms with Crippen molar-refractivity contribution in [2.75, 3.05) is 19.7 Å². The second-order valence-electron chi connectivity index (χ2n) is 4.90. The Morgan fingerprint density at radius 2 is 2.10 bits per heavy atom. The first-order valence-corrected chi connectivity index (χ1v) is 6.98. The fourth-order valence-electron chi connectivity index (χ4n) is 2.44. The fourth-order valence-corrected chi connectivity index (χ4v) is 2.44. The lowest BCUT2D eigenvalue weighted by Crippen LogP contribution is -2.39. The molecule has 1 aliphatic rings. The lowest BCUT2D eigenvalue weighted by atomic mass is 10.2. The van der Waals surface area contributed by atoms with E-state index < -0.39 is 0 Å². The van der Waals surface area contributed by atoms with Gasteiger partial charge in [-0.25, -0.2) is 0 Å². The summed E-state index contributed by atoms with van der Waals surface area (Å²) >= 11 is 0. The average Bonchev–Trinajstić information content (AvgIpc) is 2.92. The largest absolute Gasteiger partial charge is 0.491 e. The van der Waals surface area contributed by atoms with Crippen LogP contribution in [0.2, 0.25) is 0 Å². The van der Waals surface area contributed by atoms with Crippen LogP contribution in [0.25, 0.3) is 0 Å². The Hall–Kier alpha value is -1.26. The van der Waals surface area contributed by atoms with Crippen LogP contribution >= 0.6 is 12.4 Å². The molecule has 1 heterocycles. The lowest BCUT2D eigenvalue weighted by Gasteiger charge is -2.24. The number of nitrogens with two attached hydrogens (primary N) is 1. The van der Waals surface area contributed by atoms with Gasteiger partial charge >= 0.3 is 0 Å². The molecule has 5 heteroatoms. The van der Waals surface area contributed by atoms with E-state index in [9.17, 15) is 4.79 Å². The first kappa shape index (κ1) is 16.8. The lowest BCUT2D eigenvalue weighted by molar-refractivity contribution is -0.132. The zero-order valence-electron chi connectivity index (χ0n) is 11.7. The van der Waals surface area contributed by atoms with Crippen molar-refractivity contribution in [3.05, 3.63) is 30.3 Å². The summed E-state index contributed by atoms with van der Waals surface area (Å²) in [5.41, 5.74) is 5.45. The van der Waals surface area contributed by atoms with Crippen LogP contribution in [-0.4, -0.2) is 36.5 Å². The highest BCUT2D eigenvalue weighted by atomic mass is 35.5. The zero-order chi connectivity index (χ0) is 13.5. The van der Waals surface area contributed by atoms with Crippen molar-refractivity contribution in [1.29, 1.82) is 0 Å². The van der Waals surface area contributed by atoms with Crippen LogP contribution in [0.5, 0.6) is 5.75 Å². The molecule has 2 N–H and O–H groups in total. The van der Waals surface area contributed by atoms with Gasteiger partial charge in [0, 0.05) is 13.0 Å². The van der Waals surface area contributed by atoms with E-state index in [0.29, 0.717) is 19.6 Å². The van der Waals surface area contributed by atoms with E-state index in [2.05, 4.69) is 0 Å². The van der Waals surface area contributed by atoms with Gasteiger partial charge in [0.05, 0.1) is 6.04 Å². The van der Waals surface area contributed by atoms with Gasteiger partial charge in [-0.2, -0.15) is 0 Å². The fraction of sp³-hybridized carbons (Fsp3) is 0.533. The highest BCUT2D eigenvalue weighted by Crippen LogP contribution is 2.20. The molecule has 0 radical (unpaired) electrons. The van der Waals surface area contributed by atoms with Crippen molar-refractivity contribution in [3.63, 3.8) is 0 Å². The van der Waals surface area contributed by atoms with Crippen molar-refractivity contribution in [1.82, 2.24) is 4.90 Å². The molecular weight excluding hydrogens is 276 g/mol. The third-order valence-electron chi connectivity index (χ3n) is 3.48. The molecule has 0 spiro atoms. The highest BCUT2D eigenvalue weighted by Gasteiger charge is 2.28. The van der Waals surface area contributed by atoms with E-state index in [0.717, 1.165) is 31.6 Å². The molecule has 0 aromatic heterocycles. The molecule has 0 saturated carbocycles. The molecule has 1 aromatic carbocycles. The number of rotatable bonds is 6. The maximum atomic E-state index is 12.0. The standard InChI is InChI=1S/C15H22N2O2.ClH/c16-10-4-9-15(18)17-11-5-6-13(17)12-19-14-7-2-1-3-8-14;/h1-3,7-8,13H,4-6,9-12,16H2;1H. The maximum absolute atomic E-state index is 12.0. The van der Waals surface area contributed by atoms with Gasteiger partial charge in [-0.3, -0.25) is 4.79 Å². The summed E-state index contributed by atoms with van der Waals surface area (Å²) in [7, 11) is 0. The molecule has 20 heavy (non-hydrogen) atoms. The van der Waals surface area contributed by atoms with Crippen LogP contribution in [-0.2, 0) is 4.79 Å². The number of carbonyl (C=O) groups is 1. The van der Waals surface area contributed by atoms with Crippen molar-refractivity contribution in [2.45, 2.75) is 31.7 Å². The summed E-state index contributed by atoms with van der Waals surface area (Å²) in [5.74, 6) is 1.08. The first-order valence-electron chi connectivity index (χ1n) is 6.98. The van der Waals surface area contributed by atoms with Gasteiger partial charge in [-0.05, 0) is 37.9 Å². The summed E-state index contributed by atoms with van der Waals surface area (Å²) in [4.78, 5) is 14.0. The SMILES string of the molecule is Cl.NCCCC(=O)N1CCCC1COc1ccccc1. The zero-order valence-corrected chi connectivity index (χ0v) is 12.5. The number of hydrogen-bond acceptors (Lipinski definition) is 3.